The van der Waals surface area contributed by atoms with Crippen LogP contribution >= 0.6 is 0 Å². The molecule has 3 heterocycles. The first kappa shape index (κ1) is 29.1. The minimum Gasteiger partial charge on any atom is -0.434 e. The topological polar surface area (TPSA) is 86.7 Å². The molecule has 214 valence electrons. The Labute approximate surface area is 232 Å². The number of aromatic nitrogens is 3. The lowest BCUT2D eigenvalue weighted by atomic mass is 9.76. The van der Waals surface area contributed by atoms with Gasteiger partial charge in [0.1, 0.15) is 17.9 Å². The molecule has 1 aromatic carbocycles. The number of hydrogen-bond acceptors (Lipinski definition) is 8. The zero-order chi connectivity index (χ0) is 28.2. The second-order valence-corrected chi connectivity index (χ2v) is 11.6. The minimum absolute atomic E-state index is 0.0335. The lowest BCUT2D eigenvalue weighted by Crippen LogP contribution is -2.62. The van der Waals surface area contributed by atoms with E-state index in [9.17, 15) is 9.18 Å². The van der Waals surface area contributed by atoms with Crippen molar-refractivity contribution in [3.8, 4) is 11.6 Å². The summed E-state index contributed by atoms with van der Waals surface area (Å²) in [6.45, 7) is 15.8. The zero-order valence-corrected chi connectivity index (χ0v) is 24.3. The Morgan fingerprint density at radius 3 is 2.67 bits per heavy atom. The molecule has 4 rings (SSSR count). The molecule has 39 heavy (non-hydrogen) atoms. The number of nitrogens with zero attached hydrogens (tertiary/aromatic N) is 6. The number of ether oxygens (including phenoxy) is 1. The molecular weight excluding hydrogens is 497 g/mol. The first-order chi connectivity index (χ1) is 18.7. The van der Waals surface area contributed by atoms with Gasteiger partial charge in [-0.25, -0.2) is 9.37 Å². The zero-order valence-electron chi connectivity index (χ0n) is 24.3. The van der Waals surface area contributed by atoms with Crippen LogP contribution in [0.5, 0.6) is 11.6 Å². The Hall–Kier alpha value is -2.85. The maximum absolute atomic E-state index is 14.2. The molecule has 1 aromatic heterocycles. The van der Waals surface area contributed by atoms with Crippen LogP contribution in [0.3, 0.4) is 0 Å². The number of anilines is 1. The van der Waals surface area contributed by atoms with Gasteiger partial charge in [0.05, 0.1) is 5.56 Å². The Kier molecular flexibility index (Phi) is 9.38. The Morgan fingerprint density at radius 1 is 1.23 bits per heavy atom. The number of benzene rings is 1. The summed E-state index contributed by atoms with van der Waals surface area (Å²) < 4.78 is 20.4. The SMILES string of the molecule is CCN(C(=O)c1cc(F)ccc1Oc1nncnc1N1CCC2(C1)CN([C@@H](CCCNC)C(C)C)C2)C(C)C. The highest BCUT2D eigenvalue weighted by Crippen LogP contribution is 2.44. The molecule has 0 bridgehead atoms. The van der Waals surface area contributed by atoms with Gasteiger partial charge in [-0.2, -0.15) is 0 Å². The van der Waals surface area contributed by atoms with E-state index in [0.717, 1.165) is 39.1 Å². The van der Waals surface area contributed by atoms with E-state index in [1.165, 1.54) is 37.4 Å². The van der Waals surface area contributed by atoms with Gasteiger partial charge < -0.3 is 19.9 Å². The van der Waals surface area contributed by atoms with E-state index in [1.54, 1.807) is 4.90 Å². The lowest BCUT2D eigenvalue weighted by Gasteiger charge is -2.53. The average Bonchev–Trinajstić information content (AvgIpc) is 3.33. The highest BCUT2D eigenvalue weighted by molar-refractivity contribution is 5.97. The quantitative estimate of drug-likeness (QED) is 0.400. The van der Waals surface area contributed by atoms with Crippen molar-refractivity contribution in [1.29, 1.82) is 0 Å². The fourth-order valence-electron chi connectivity index (χ4n) is 6.15. The van der Waals surface area contributed by atoms with Crippen LogP contribution in [0.2, 0.25) is 0 Å². The number of likely N-dealkylation sites (tertiary alicyclic amines) is 1. The van der Waals surface area contributed by atoms with Gasteiger partial charge in [0.2, 0.25) is 0 Å². The summed E-state index contributed by atoms with van der Waals surface area (Å²) in [5.41, 5.74) is 0.390. The Balaban J connectivity index is 1.49. The number of halogens is 1. The number of nitrogens with one attached hydrogen (secondary N) is 1. The molecule has 2 aliphatic heterocycles. The van der Waals surface area contributed by atoms with Crippen LogP contribution in [0.4, 0.5) is 10.2 Å². The third-order valence-electron chi connectivity index (χ3n) is 8.16. The largest absolute Gasteiger partial charge is 0.434 e. The van der Waals surface area contributed by atoms with Gasteiger partial charge in [0.25, 0.3) is 11.8 Å². The molecule has 2 aromatic rings. The lowest BCUT2D eigenvalue weighted by molar-refractivity contribution is -0.0338. The van der Waals surface area contributed by atoms with Gasteiger partial charge >= 0.3 is 0 Å². The van der Waals surface area contributed by atoms with E-state index in [0.29, 0.717) is 24.3 Å². The molecule has 2 fully saturated rings. The molecule has 1 N–H and O–H groups in total. The monoisotopic (exact) mass is 541 g/mol. The van der Waals surface area contributed by atoms with Crippen molar-refractivity contribution in [3.05, 3.63) is 35.9 Å². The van der Waals surface area contributed by atoms with Crippen LogP contribution in [0.15, 0.2) is 24.5 Å². The van der Waals surface area contributed by atoms with Crippen LogP contribution in [0, 0.1) is 17.2 Å². The number of carbonyl (C=O) groups excluding carboxylic acids is 1. The molecule has 1 atom stereocenters. The van der Waals surface area contributed by atoms with Crippen molar-refractivity contribution >= 4 is 11.7 Å². The molecule has 0 aliphatic carbocycles. The van der Waals surface area contributed by atoms with Gasteiger partial charge in [-0.1, -0.05) is 13.8 Å². The minimum atomic E-state index is -0.496. The normalized spacial score (nSPS) is 17.6. The van der Waals surface area contributed by atoms with Crippen molar-refractivity contribution in [2.75, 3.05) is 51.2 Å². The van der Waals surface area contributed by atoms with Gasteiger partial charge in [0, 0.05) is 50.2 Å². The van der Waals surface area contributed by atoms with Crippen LogP contribution < -0.4 is 15.0 Å². The van der Waals surface area contributed by atoms with Gasteiger partial charge in [-0.15, -0.1) is 10.2 Å². The van der Waals surface area contributed by atoms with Crippen molar-refractivity contribution in [2.24, 2.45) is 11.3 Å². The van der Waals surface area contributed by atoms with Crippen LogP contribution in [0.1, 0.15) is 64.2 Å². The van der Waals surface area contributed by atoms with Gasteiger partial charge in [0.15, 0.2) is 5.82 Å². The third kappa shape index (κ3) is 6.49. The number of carbonyl (C=O) groups is 1. The molecule has 0 unspecified atom stereocenters. The van der Waals surface area contributed by atoms with E-state index in [-0.39, 0.29) is 34.6 Å². The molecule has 9 nitrogen and oxygen atoms in total. The standard InChI is InChI=1S/C29H44FN7O2/c1-7-37(21(4)5)28(38)23-15-22(30)10-11-25(23)39-27-26(32-19-33-34-27)35-14-12-29(16-35)17-36(18-29)24(20(2)3)9-8-13-31-6/h10-11,15,19-21,24,31H,7-9,12-14,16-18H2,1-6H3/t24-/m0/s1. The number of hydrogen-bond donors (Lipinski definition) is 1. The second kappa shape index (κ2) is 12.6. The van der Waals surface area contributed by atoms with Crippen molar-refractivity contribution in [1.82, 2.24) is 30.3 Å². The summed E-state index contributed by atoms with van der Waals surface area (Å²) in [7, 11) is 2.01. The van der Waals surface area contributed by atoms with E-state index in [1.807, 2.05) is 27.8 Å². The summed E-state index contributed by atoms with van der Waals surface area (Å²) in [5.74, 6) is 0.915. The summed E-state index contributed by atoms with van der Waals surface area (Å²) in [4.78, 5) is 24.3. The molecule has 2 saturated heterocycles. The molecule has 0 saturated carbocycles. The second-order valence-electron chi connectivity index (χ2n) is 11.6. The maximum atomic E-state index is 14.2. The molecule has 1 spiro atoms. The number of amides is 1. The average molecular weight is 542 g/mol. The Bertz CT molecular complexity index is 1120. The predicted molar refractivity (Wildman–Crippen MR) is 151 cm³/mol. The van der Waals surface area contributed by atoms with Crippen molar-refractivity contribution < 1.29 is 13.9 Å². The van der Waals surface area contributed by atoms with Crippen LogP contribution in [0.25, 0.3) is 0 Å². The van der Waals surface area contributed by atoms with E-state index in [2.05, 4.69) is 44.1 Å². The molecule has 1 amide bonds. The Morgan fingerprint density at radius 2 is 2.00 bits per heavy atom. The van der Waals surface area contributed by atoms with E-state index in [4.69, 9.17) is 4.74 Å². The molecule has 10 heteroatoms. The smallest absolute Gasteiger partial charge is 0.282 e. The third-order valence-corrected chi connectivity index (χ3v) is 8.16. The van der Waals surface area contributed by atoms with Crippen molar-refractivity contribution in [3.63, 3.8) is 0 Å². The van der Waals surface area contributed by atoms with E-state index < -0.39 is 5.82 Å². The maximum Gasteiger partial charge on any atom is 0.282 e. The van der Waals surface area contributed by atoms with Crippen LogP contribution in [-0.2, 0) is 0 Å². The summed E-state index contributed by atoms with van der Waals surface area (Å²) >= 11 is 0. The fraction of sp³-hybridized carbons (Fsp3) is 0.655. The van der Waals surface area contributed by atoms with Crippen LogP contribution in [-0.4, -0.2) is 89.3 Å². The summed E-state index contributed by atoms with van der Waals surface area (Å²) in [6.07, 6.45) is 4.89. The summed E-state index contributed by atoms with van der Waals surface area (Å²) in [5, 5.41) is 11.4. The first-order valence-electron chi connectivity index (χ1n) is 14.3. The van der Waals surface area contributed by atoms with Gasteiger partial charge in [-0.3, -0.25) is 9.69 Å². The highest BCUT2D eigenvalue weighted by atomic mass is 19.1. The summed E-state index contributed by atoms with van der Waals surface area (Å²) in [6, 6.07) is 4.55. The van der Waals surface area contributed by atoms with Gasteiger partial charge in [-0.05, 0) is 77.7 Å². The molecule has 2 aliphatic rings. The number of rotatable bonds is 12. The highest BCUT2D eigenvalue weighted by Gasteiger charge is 2.50. The van der Waals surface area contributed by atoms with E-state index >= 15 is 0 Å². The predicted octanol–water partition coefficient (Wildman–Crippen LogP) is 4.21. The molecule has 0 radical (unpaired) electrons. The first-order valence-corrected chi connectivity index (χ1v) is 14.3. The fourth-order valence-corrected chi connectivity index (χ4v) is 6.15. The molecular formula is C29H44FN7O2. The van der Waals surface area contributed by atoms with Crippen molar-refractivity contribution in [2.45, 2.75) is 66.0 Å².